The number of rotatable bonds is 3. The second-order valence-electron chi connectivity index (χ2n) is 22.2. The Morgan fingerprint density at radius 1 is 0.524 bits per heavy atom. The summed E-state index contributed by atoms with van der Waals surface area (Å²) in [5.41, 5.74) is 22.8. The summed E-state index contributed by atoms with van der Waals surface area (Å²) in [4.78, 5) is 5.19. The van der Waals surface area contributed by atoms with Gasteiger partial charge in [-0.3, -0.25) is 0 Å². The first-order valence-corrected chi connectivity index (χ1v) is 23.1. The Morgan fingerprint density at radius 2 is 1.08 bits per heavy atom. The van der Waals surface area contributed by atoms with Gasteiger partial charge in [-0.05, 0) is 157 Å². The minimum atomic E-state index is -0.0215. The van der Waals surface area contributed by atoms with Gasteiger partial charge < -0.3 is 14.2 Å². The van der Waals surface area contributed by atoms with E-state index in [9.17, 15) is 0 Å². The van der Waals surface area contributed by atoms with Crippen molar-refractivity contribution in [1.29, 1.82) is 0 Å². The smallest absolute Gasteiger partial charge is 0.252 e. The van der Waals surface area contributed by atoms with Crippen LogP contribution in [0, 0.1) is 6.92 Å². The van der Waals surface area contributed by atoms with Gasteiger partial charge in [0, 0.05) is 44.9 Å². The minimum absolute atomic E-state index is 0.00804. The van der Waals surface area contributed by atoms with Crippen molar-refractivity contribution in [2.45, 2.75) is 111 Å². The summed E-state index contributed by atoms with van der Waals surface area (Å²) < 4.78 is 6.32. The van der Waals surface area contributed by atoms with Gasteiger partial charge in [-0.15, -0.1) is 0 Å². The molecule has 0 saturated carbocycles. The van der Waals surface area contributed by atoms with E-state index in [1.807, 2.05) is 6.07 Å². The van der Waals surface area contributed by atoms with Crippen LogP contribution < -0.4 is 26.2 Å². The van der Waals surface area contributed by atoms with Crippen molar-refractivity contribution in [3.05, 3.63) is 161 Å². The molecule has 0 saturated heterocycles. The molecule has 314 valence electrons. The second-order valence-corrected chi connectivity index (χ2v) is 22.2. The van der Waals surface area contributed by atoms with Crippen LogP contribution in [-0.4, -0.2) is 6.71 Å². The van der Waals surface area contributed by atoms with Crippen LogP contribution in [0.5, 0.6) is 0 Å². The minimum Gasteiger partial charge on any atom is -0.456 e. The van der Waals surface area contributed by atoms with Crippen molar-refractivity contribution >= 4 is 79.2 Å². The predicted octanol–water partition coefficient (Wildman–Crippen LogP) is 14.6. The van der Waals surface area contributed by atoms with E-state index >= 15 is 0 Å². The molecule has 0 atom stereocenters. The maximum atomic E-state index is 6.32. The summed E-state index contributed by atoms with van der Waals surface area (Å²) in [6.45, 7) is 26.1. The van der Waals surface area contributed by atoms with Crippen molar-refractivity contribution in [3.8, 4) is 11.1 Å². The van der Waals surface area contributed by atoms with Gasteiger partial charge in [0.1, 0.15) is 11.2 Å². The molecule has 7 aromatic carbocycles. The molecule has 2 aliphatic heterocycles. The first-order chi connectivity index (χ1) is 29.9. The van der Waals surface area contributed by atoms with Gasteiger partial charge in [0.25, 0.3) is 6.71 Å². The molecule has 3 aliphatic rings. The number of furan rings is 1. The van der Waals surface area contributed by atoms with Crippen molar-refractivity contribution in [1.82, 2.24) is 0 Å². The third-order valence-electron chi connectivity index (χ3n) is 14.9. The molecule has 8 aromatic rings. The number of hydrogen-bond donors (Lipinski definition) is 0. The van der Waals surface area contributed by atoms with E-state index < -0.39 is 0 Å². The van der Waals surface area contributed by atoms with Crippen LogP contribution in [0.3, 0.4) is 0 Å². The van der Waals surface area contributed by atoms with Crippen LogP contribution >= 0.6 is 0 Å². The quantitative estimate of drug-likeness (QED) is 0.166. The van der Waals surface area contributed by atoms with Crippen LogP contribution in [0.1, 0.15) is 110 Å². The molecule has 4 heteroatoms. The molecule has 3 heterocycles. The summed E-state index contributed by atoms with van der Waals surface area (Å²) in [5, 5.41) is 2.31. The van der Waals surface area contributed by atoms with Crippen LogP contribution in [0.25, 0.3) is 33.1 Å². The fourth-order valence-corrected chi connectivity index (χ4v) is 11.1. The molecule has 0 fully saturated rings. The molecule has 1 aliphatic carbocycles. The van der Waals surface area contributed by atoms with E-state index in [2.05, 4.69) is 213 Å². The fourth-order valence-electron chi connectivity index (χ4n) is 11.1. The second kappa shape index (κ2) is 13.5. The molecule has 0 N–H and O–H groups in total. The van der Waals surface area contributed by atoms with Crippen LogP contribution in [-0.2, 0) is 21.7 Å². The van der Waals surface area contributed by atoms with Crippen LogP contribution in [0.15, 0.2) is 138 Å². The van der Waals surface area contributed by atoms with Crippen molar-refractivity contribution < 1.29 is 4.42 Å². The molecular weight excluding hydrogens is 763 g/mol. The van der Waals surface area contributed by atoms with E-state index in [0.717, 1.165) is 27.6 Å². The molecule has 0 unspecified atom stereocenters. The van der Waals surface area contributed by atoms with Crippen molar-refractivity contribution in [3.63, 3.8) is 0 Å². The molecule has 1 aromatic heterocycles. The zero-order valence-corrected chi connectivity index (χ0v) is 39.0. The van der Waals surface area contributed by atoms with Gasteiger partial charge in [-0.1, -0.05) is 142 Å². The number of nitrogens with zero attached hydrogens (tertiary/aromatic N) is 2. The lowest BCUT2D eigenvalue weighted by molar-refractivity contribution is 0.332. The summed E-state index contributed by atoms with van der Waals surface area (Å²) >= 11 is 0. The molecule has 0 spiro atoms. The summed E-state index contributed by atoms with van der Waals surface area (Å²) in [7, 11) is 0. The van der Waals surface area contributed by atoms with E-state index in [0.29, 0.717) is 0 Å². The molecule has 3 nitrogen and oxygen atoms in total. The Labute approximate surface area is 374 Å². The lowest BCUT2D eigenvalue weighted by Gasteiger charge is -2.46. The van der Waals surface area contributed by atoms with Crippen LogP contribution in [0.4, 0.5) is 34.1 Å². The average Bonchev–Trinajstić information content (AvgIpc) is 3.63. The van der Waals surface area contributed by atoms with E-state index in [1.54, 1.807) is 0 Å². The zero-order valence-electron chi connectivity index (χ0n) is 39.0. The highest BCUT2D eigenvalue weighted by atomic mass is 16.3. The van der Waals surface area contributed by atoms with Gasteiger partial charge in [0.15, 0.2) is 0 Å². The van der Waals surface area contributed by atoms with Gasteiger partial charge in [0.05, 0.1) is 0 Å². The number of para-hydroxylation sites is 1. The van der Waals surface area contributed by atoms with Crippen LogP contribution in [0.2, 0.25) is 0 Å². The summed E-state index contributed by atoms with van der Waals surface area (Å²) in [5.74, 6) is 0. The van der Waals surface area contributed by atoms with E-state index in [1.165, 1.54) is 96.6 Å². The van der Waals surface area contributed by atoms with Gasteiger partial charge in [-0.25, -0.2) is 0 Å². The number of anilines is 6. The Balaban J connectivity index is 1.16. The molecular formula is C59H59BN2O. The average molecular weight is 823 g/mol. The van der Waals surface area contributed by atoms with Crippen molar-refractivity contribution in [2.75, 3.05) is 9.80 Å². The number of fused-ring (bicyclic) bond motifs is 8. The lowest BCUT2D eigenvalue weighted by Crippen LogP contribution is -2.61. The monoisotopic (exact) mass is 822 g/mol. The summed E-state index contributed by atoms with van der Waals surface area (Å²) in [6, 6.07) is 51.1. The molecule has 11 rings (SSSR count). The Bertz CT molecular complexity index is 3170. The zero-order chi connectivity index (χ0) is 44.0. The van der Waals surface area contributed by atoms with Crippen molar-refractivity contribution in [2.24, 2.45) is 0 Å². The molecule has 0 amide bonds. The Morgan fingerprint density at radius 3 is 1.70 bits per heavy atom. The summed E-state index contributed by atoms with van der Waals surface area (Å²) in [6.07, 6.45) is 2.38. The van der Waals surface area contributed by atoms with E-state index in [4.69, 9.17) is 4.42 Å². The van der Waals surface area contributed by atoms with Gasteiger partial charge in [-0.2, -0.15) is 0 Å². The normalized spacial score (nSPS) is 16.2. The highest BCUT2D eigenvalue weighted by Crippen LogP contribution is 2.50. The largest absolute Gasteiger partial charge is 0.456 e. The fraction of sp³-hybridized carbons (Fsp3) is 0.288. The number of hydrogen-bond acceptors (Lipinski definition) is 3. The molecule has 0 radical (unpaired) electrons. The third-order valence-corrected chi connectivity index (χ3v) is 14.9. The topological polar surface area (TPSA) is 19.6 Å². The standard InChI is InChI=1S/C59H59BN2O/c1-36-31-50-55-51(32-36)62(41-25-26-44-45(35-41)59(10,11)30-29-58(44,8)9)49-34-39(57(5,6)7)22-28-47(49)60(55)46-27-21-38(56(2,3)4)33-48(46)61(50)40-23-19-37(20-24-40)42-16-14-18-53-54(42)43-15-12-13-17-52(43)63-53/h12-28,31-35H,29-30H2,1-11H3. The molecule has 0 bridgehead atoms. The predicted molar refractivity (Wildman–Crippen MR) is 271 cm³/mol. The SMILES string of the molecule is Cc1cc2c3c(c1)N(c1ccc4c(c1)C(C)(C)CCC4(C)C)c1cc(C(C)(C)C)ccc1B3c1ccc(C(C)(C)C)cc1N2c1ccc(-c2cccc3oc4ccccc4c23)cc1. The molecule has 63 heavy (non-hydrogen) atoms. The Kier molecular flexibility index (Phi) is 8.54. The first-order valence-electron chi connectivity index (χ1n) is 23.1. The maximum absolute atomic E-state index is 6.32. The highest BCUT2D eigenvalue weighted by Gasteiger charge is 2.45. The van der Waals surface area contributed by atoms with E-state index in [-0.39, 0.29) is 28.4 Å². The maximum Gasteiger partial charge on any atom is 0.252 e. The number of aryl methyl sites for hydroxylation is 1. The van der Waals surface area contributed by atoms with Gasteiger partial charge >= 0.3 is 0 Å². The number of benzene rings is 7. The highest BCUT2D eigenvalue weighted by molar-refractivity contribution is 7.00. The first kappa shape index (κ1) is 39.8. The Hall–Kier alpha value is -6.00. The third kappa shape index (κ3) is 6.15. The van der Waals surface area contributed by atoms with Gasteiger partial charge in [0.2, 0.25) is 0 Å². The lowest BCUT2D eigenvalue weighted by atomic mass is 9.33.